The Balaban J connectivity index is 1.55. The molecule has 1 aromatic carbocycles. The van der Waals surface area contributed by atoms with Gasteiger partial charge in [0.15, 0.2) is 5.76 Å². The Morgan fingerprint density at radius 3 is 2.50 bits per heavy atom. The van der Waals surface area contributed by atoms with Crippen LogP contribution >= 0.6 is 0 Å². The summed E-state index contributed by atoms with van der Waals surface area (Å²) in [6.07, 6.45) is 5.85. The summed E-state index contributed by atoms with van der Waals surface area (Å²) in [4.78, 5) is 24.2. The lowest BCUT2D eigenvalue weighted by Crippen LogP contribution is -2.39. The second-order valence-electron chi connectivity index (χ2n) is 7.02. The number of hydrogen-bond donors (Lipinski definition) is 3. The van der Waals surface area contributed by atoms with Crippen LogP contribution in [0.5, 0.6) is 0 Å². The zero-order valence-corrected chi connectivity index (χ0v) is 15.2. The maximum atomic E-state index is 12.2. The maximum Gasteiger partial charge on any atom is 0.319 e. The molecule has 0 radical (unpaired) electrons. The Bertz CT molecular complexity index is 763. The fraction of sp³-hybridized carbons (Fsp3) is 0.400. The molecule has 0 atom stereocenters. The van der Waals surface area contributed by atoms with Gasteiger partial charge >= 0.3 is 6.03 Å². The fourth-order valence-electron chi connectivity index (χ4n) is 3.23. The predicted molar refractivity (Wildman–Crippen MR) is 101 cm³/mol. The van der Waals surface area contributed by atoms with Crippen molar-refractivity contribution < 1.29 is 14.0 Å². The third kappa shape index (κ3) is 4.65. The van der Waals surface area contributed by atoms with Gasteiger partial charge in [-0.05, 0) is 74.4 Å². The van der Waals surface area contributed by atoms with Crippen molar-refractivity contribution in [3.05, 3.63) is 47.9 Å². The molecule has 26 heavy (non-hydrogen) atoms. The van der Waals surface area contributed by atoms with Crippen molar-refractivity contribution in [2.24, 2.45) is 5.92 Å². The first-order valence-corrected chi connectivity index (χ1v) is 9.04. The largest absolute Gasteiger partial charge is 0.459 e. The molecule has 0 spiro atoms. The van der Waals surface area contributed by atoms with Crippen LogP contribution < -0.4 is 16.0 Å². The lowest BCUT2D eigenvalue weighted by molar-refractivity contribution is 0.0996. The van der Waals surface area contributed by atoms with Gasteiger partial charge in [-0.1, -0.05) is 6.92 Å². The van der Waals surface area contributed by atoms with Gasteiger partial charge in [0, 0.05) is 17.4 Å². The van der Waals surface area contributed by atoms with Crippen molar-refractivity contribution in [1.82, 2.24) is 5.32 Å². The molecule has 0 bridgehead atoms. The number of amides is 3. The van der Waals surface area contributed by atoms with Crippen LogP contribution in [0.3, 0.4) is 0 Å². The van der Waals surface area contributed by atoms with E-state index in [0.717, 1.165) is 37.2 Å². The zero-order chi connectivity index (χ0) is 18.5. The van der Waals surface area contributed by atoms with Crippen molar-refractivity contribution in [3.63, 3.8) is 0 Å². The number of carbonyl (C=O) groups is 2. The first kappa shape index (κ1) is 18.0. The van der Waals surface area contributed by atoms with E-state index in [2.05, 4.69) is 22.9 Å². The van der Waals surface area contributed by atoms with Crippen LogP contribution in [-0.2, 0) is 0 Å². The van der Waals surface area contributed by atoms with Crippen LogP contribution in [0.15, 0.2) is 41.0 Å². The number of furan rings is 1. The Hall–Kier alpha value is -2.76. The third-order valence-corrected chi connectivity index (χ3v) is 4.83. The molecule has 1 saturated carbocycles. The number of benzene rings is 1. The Morgan fingerprint density at radius 2 is 1.85 bits per heavy atom. The molecule has 0 aliphatic heterocycles. The van der Waals surface area contributed by atoms with Crippen LogP contribution in [0.1, 0.15) is 48.7 Å². The highest BCUT2D eigenvalue weighted by Gasteiger charge is 2.19. The molecule has 3 rings (SSSR count). The molecule has 0 saturated heterocycles. The molecule has 1 fully saturated rings. The van der Waals surface area contributed by atoms with Gasteiger partial charge in [-0.3, -0.25) is 4.79 Å². The molecule has 2 aromatic rings. The topological polar surface area (TPSA) is 83.4 Å². The number of carbonyl (C=O) groups excluding carboxylic acids is 2. The minimum atomic E-state index is -0.303. The highest BCUT2D eigenvalue weighted by atomic mass is 16.3. The Labute approximate surface area is 153 Å². The van der Waals surface area contributed by atoms with Crippen molar-refractivity contribution in [2.45, 2.75) is 45.6 Å². The molecule has 1 aliphatic rings. The molecule has 0 unspecified atom stereocenters. The summed E-state index contributed by atoms with van der Waals surface area (Å²) in [5, 5.41) is 8.71. The lowest BCUT2D eigenvalue weighted by Gasteiger charge is -2.27. The summed E-state index contributed by atoms with van der Waals surface area (Å²) in [6.45, 7) is 4.13. The highest BCUT2D eigenvalue weighted by Crippen LogP contribution is 2.24. The minimum absolute atomic E-state index is 0.184. The molecule has 1 aromatic heterocycles. The average Bonchev–Trinajstić information content (AvgIpc) is 3.14. The molecule has 3 N–H and O–H groups in total. The van der Waals surface area contributed by atoms with Crippen molar-refractivity contribution >= 4 is 23.3 Å². The van der Waals surface area contributed by atoms with Gasteiger partial charge in [0.1, 0.15) is 0 Å². The van der Waals surface area contributed by atoms with Gasteiger partial charge in [0.05, 0.1) is 6.26 Å². The summed E-state index contributed by atoms with van der Waals surface area (Å²) in [7, 11) is 0. The number of anilines is 2. The monoisotopic (exact) mass is 355 g/mol. The molecule has 3 amide bonds. The number of rotatable bonds is 4. The van der Waals surface area contributed by atoms with Crippen LogP contribution in [0.2, 0.25) is 0 Å². The predicted octanol–water partition coefficient (Wildman–Crippen LogP) is 4.54. The van der Waals surface area contributed by atoms with Gasteiger partial charge < -0.3 is 20.4 Å². The third-order valence-electron chi connectivity index (χ3n) is 4.83. The lowest BCUT2D eigenvalue weighted by atomic mass is 9.87. The van der Waals surface area contributed by atoms with Crippen LogP contribution in [-0.4, -0.2) is 18.0 Å². The van der Waals surface area contributed by atoms with E-state index >= 15 is 0 Å². The van der Waals surface area contributed by atoms with E-state index in [0.29, 0.717) is 11.4 Å². The Morgan fingerprint density at radius 1 is 1.08 bits per heavy atom. The fourth-order valence-corrected chi connectivity index (χ4v) is 3.23. The molecule has 1 aliphatic carbocycles. The van der Waals surface area contributed by atoms with E-state index in [4.69, 9.17) is 4.42 Å². The van der Waals surface area contributed by atoms with Crippen LogP contribution in [0, 0.1) is 12.8 Å². The second-order valence-corrected chi connectivity index (χ2v) is 7.02. The maximum absolute atomic E-state index is 12.2. The van der Waals surface area contributed by atoms with E-state index in [1.807, 2.05) is 13.0 Å². The average molecular weight is 355 g/mol. The van der Waals surface area contributed by atoms with Crippen LogP contribution in [0.25, 0.3) is 0 Å². The van der Waals surface area contributed by atoms with Crippen molar-refractivity contribution in [3.8, 4) is 0 Å². The van der Waals surface area contributed by atoms with E-state index in [1.165, 1.54) is 6.26 Å². The highest BCUT2D eigenvalue weighted by molar-refractivity contribution is 6.02. The first-order valence-electron chi connectivity index (χ1n) is 9.04. The molecule has 6 nitrogen and oxygen atoms in total. The van der Waals surface area contributed by atoms with E-state index in [-0.39, 0.29) is 23.7 Å². The molecule has 1 heterocycles. The Kier molecular flexibility index (Phi) is 5.61. The first-order chi connectivity index (χ1) is 12.5. The SMILES string of the molecule is Cc1cc(NC(=O)NC2CCC(C)CC2)ccc1NC(=O)c1ccco1. The van der Waals surface area contributed by atoms with Gasteiger partial charge in [-0.25, -0.2) is 4.79 Å². The molecular formula is C20H25N3O3. The summed E-state index contributed by atoms with van der Waals surface area (Å²) >= 11 is 0. The zero-order valence-electron chi connectivity index (χ0n) is 15.2. The van der Waals surface area contributed by atoms with Gasteiger partial charge in [0.2, 0.25) is 0 Å². The number of hydrogen-bond acceptors (Lipinski definition) is 3. The molecule has 6 heteroatoms. The molecule has 138 valence electrons. The van der Waals surface area contributed by atoms with Crippen molar-refractivity contribution in [1.29, 1.82) is 0 Å². The smallest absolute Gasteiger partial charge is 0.319 e. The summed E-state index contributed by atoms with van der Waals surface area (Å²) in [6, 6.07) is 8.72. The van der Waals surface area contributed by atoms with Crippen LogP contribution in [0.4, 0.5) is 16.2 Å². The number of urea groups is 1. The number of nitrogens with one attached hydrogen (secondary N) is 3. The normalized spacial score (nSPS) is 19.6. The molecular weight excluding hydrogens is 330 g/mol. The van der Waals surface area contributed by atoms with Gasteiger partial charge in [0.25, 0.3) is 5.91 Å². The second kappa shape index (κ2) is 8.08. The van der Waals surface area contributed by atoms with Gasteiger partial charge in [-0.2, -0.15) is 0 Å². The summed E-state index contributed by atoms with van der Waals surface area (Å²) < 4.78 is 5.09. The van der Waals surface area contributed by atoms with Gasteiger partial charge in [-0.15, -0.1) is 0 Å². The summed E-state index contributed by atoms with van der Waals surface area (Å²) in [5.74, 6) is 0.707. The van der Waals surface area contributed by atoms with Crippen molar-refractivity contribution in [2.75, 3.05) is 10.6 Å². The summed E-state index contributed by atoms with van der Waals surface area (Å²) in [5.41, 5.74) is 2.23. The quantitative estimate of drug-likeness (QED) is 0.753. The minimum Gasteiger partial charge on any atom is -0.459 e. The standard InChI is InChI=1S/C20H25N3O3/c1-13-5-7-15(8-6-13)21-20(25)22-16-9-10-17(14(2)12-16)23-19(24)18-4-3-11-26-18/h3-4,9-13,15H,5-8H2,1-2H3,(H,23,24)(H2,21,22,25). The van der Waals surface area contributed by atoms with E-state index < -0.39 is 0 Å². The van der Waals surface area contributed by atoms with E-state index in [1.54, 1.807) is 24.3 Å². The van der Waals surface area contributed by atoms with E-state index in [9.17, 15) is 9.59 Å². The number of aryl methyl sites for hydroxylation is 1.